The molecule has 0 unspecified atom stereocenters. The number of H-pyrrole nitrogens is 1. The number of aromatic nitrogens is 4. The van der Waals surface area contributed by atoms with Crippen LogP contribution in [-0.4, -0.2) is 39.1 Å². The fourth-order valence-corrected chi connectivity index (χ4v) is 3.99. The van der Waals surface area contributed by atoms with Crippen LogP contribution in [0.4, 0.5) is 5.82 Å². The summed E-state index contributed by atoms with van der Waals surface area (Å²) < 4.78 is 6.84. The summed E-state index contributed by atoms with van der Waals surface area (Å²) in [5.74, 6) is 0.494. The lowest BCUT2D eigenvalue weighted by atomic mass is 10.1. The number of nitrogens with zero attached hydrogens (tertiary/aromatic N) is 3. The van der Waals surface area contributed by atoms with Crippen molar-refractivity contribution in [2.45, 2.75) is 13.0 Å². The number of methoxy groups -OCH3 is 1. The molecule has 0 aliphatic rings. The zero-order chi connectivity index (χ0) is 21.9. The van der Waals surface area contributed by atoms with E-state index >= 15 is 0 Å². The highest BCUT2D eigenvalue weighted by atomic mass is 16.5. The third kappa shape index (κ3) is 3.80. The maximum atomic E-state index is 11.6. The first-order valence-corrected chi connectivity index (χ1v) is 10.5. The van der Waals surface area contributed by atoms with Crippen LogP contribution in [-0.2, 0) is 17.7 Å². The van der Waals surface area contributed by atoms with Crippen LogP contribution in [0.2, 0.25) is 0 Å². The van der Waals surface area contributed by atoms with Crippen LogP contribution in [0.3, 0.4) is 0 Å². The maximum Gasteiger partial charge on any atom is 0.337 e. The van der Waals surface area contributed by atoms with E-state index in [0.717, 1.165) is 40.9 Å². The molecule has 0 atom stereocenters. The Morgan fingerprint density at radius 3 is 2.75 bits per heavy atom. The maximum absolute atomic E-state index is 11.6. The van der Waals surface area contributed by atoms with Gasteiger partial charge in [0.05, 0.1) is 18.1 Å². The first-order chi connectivity index (χ1) is 15.7. The molecule has 0 amide bonds. The van der Waals surface area contributed by atoms with E-state index in [1.54, 1.807) is 18.5 Å². The molecule has 7 nitrogen and oxygen atoms in total. The van der Waals surface area contributed by atoms with E-state index in [0.29, 0.717) is 12.1 Å². The van der Waals surface area contributed by atoms with Gasteiger partial charge in [-0.2, -0.15) is 0 Å². The van der Waals surface area contributed by atoms with Gasteiger partial charge >= 0.3 is 5.97 Å². The molecule has 32 heavy (non-hydrogen) atoms. The normalized spacial score (nSPS) is 11.2. The van der Waals surface area contributed by atoms with Crippen molar-refractivity contribution in [2.75, 3.05) is 19.0 Å². The van der Waals surface area contributed by atoms with Gasteiger partial charge in [0.25, 0.3) is 0 Å². The molecule has 0 saturated heterocycles. The van der Waals surface area contributed by atoms with Crippen molar-refractivity contribution in [3.63, 3.8) is 0 Å². The summed E-state index contributed by atoms with van der Waals surface area (Å²) in [5.41, 5.74) is 4.92. The number of fused-ring (bicyclic) bond motifs is 2. The van der Waals surface area contributed by atoms with Crippen LogP contribution in [0.1, 0.15) is 21.5 Å². The van der Waals surface area contributed by atoms with E-state index < -0.39 is 0 Å². The van der Waals surface area contributed by atoms with Crippen molar-refractivity contribution in [1.29, 1.82) is 0 Å². The highest BCUT2D eigenvalue weighted by Gasteiger charge is 2.10. The minimum Gasteiger partial charge on any atom is -0.465 e. The van der Waals surface area contributed by atoms with E-state index in [2.05, 4.69) is 49.2 Å². The van der Waals surface area contributed by atoms with E-state index in [9.17, 15) is 4.79 Å². The molecule has 0 spiro atoms. The average Bonchev–Trinajstić information content (AvgIpc) is 3.44. The molecular weight excluding hydrogens is 402 g/mol. The summed E-state index contributed by atoms with van der Waals surface area (Å²) in [6.07, 6.45) is 6.57. The summed E-state index contributed by atoms with van der Waals surface area (Å²) in [6, 6.07) is 17.8. The molecule has 3 heterocycles. The molecule has 5 aromatic rings. The number of aromatic amines is 1. The molecule has 7 heteroatoms. The van der Waals surface area contributed by atoms with Crippen molar-refractivity contribution in [1.82, 2.24) is 19.5 Å². The third-order valence-corrected chi connectivity index (χ3v) is 5.65. The average molecular weight is 425 g/mol. The fourth-order valence-electron chi connectivity index (χ4n) is 3.99. The molecule has 160 valence electrons. The highest BCUT2D eigenvalue weighted by Crippen LogP contribution is 2.22. The monoisotopic (exact) mass is 425 g/mol. The molecule has 0 aliphatic carbocycles. The third-order valence-electron chi connectivity index (χ3n) is 5.65. The first kappa shape index (κ1) is 19.8. The molecule has 2 aromatic carbocycles. The minimum absolute atomic E-state index is 0.334. The number of hydrogen-bond donors (Lipinski definition) is 2. The van der Waals surface area contributed by atoms with Gasteiger partial charge in [-0.05, 0) is 41.8 Å². The largest absolute Gasteiger partial charge is 0.465 e. The van der Waals surface area contributed by atoms with Gasteiger partial charge in [0, 0.05) is 36.4 Å². The zero-order valence-corrected chi connectivity index (χ0v) is 17.7. The van der Waals surface area contributed by atoms with Crippen molar-refractivity contribution >= 4 is 33.7 Å². The smallest absolute Gasteiger partial charge is 0.337 e. The van der Waals surface area contributed by atoms with E-state index in [-0.39, 0.29) is 5.97 Å². The Labute approximate surface area is 185 Å². The van der Waals surface area contributed by atoms with Crippen LogP contribution in [0.25, 0.3) is 21.9 Å². The molecule has 0 aliphatic heterocycles. The lowest BCUT2D eigenvalue weighted by Crippen LogP contribution is -2.07. The van der Waals surface area contributed by atoms with Gasteiger partial charge < -0.3 is 19.6 Å². The number of rotatable bonds is 7. The molecule has 2 N–H and O–H groups in total. The van der Waals surface area contributed by atoms with Crippen LogP contribution in [0.5, 0.6) is 0 Å². The minimum atomic E-state index is -0.334. The van der Waals surface area contributed by atoms with Gasteiger partial charge in [0.1, 0.15) is 17.8 Å². The predicted octanol–water partition coefficient (Wildman–Crippen LogP) is 4.40. The van der Waals surface area contributed by atoms with E-state index in [1.165, 1.54) is 18.1 Å². The number of esters is 1. The van der Waals surface area contributed by atoms with Crippen molar-refractivity contribution in [3.8, 4) is 0 Å². The van der Waals surface area contributed by atoms with Gasteiger partial charge in [0.15, 0.2) is 0 Å². The molecule has 0 radical (unpaired) electrons. The van der Waals surface area contributed by atoms with Crippen LogP contribution in [0, 0.1) is 0 Å². The quantitative estimate of drug-likeness (QED) is 0.378. The Morgan fingerprint density at radius 2 is 1.91 bits per heavy atom. The van der Waals surface area contributed by atoms with Crippen molar-refractivity contribution in [3.05, 3.63) is 90.0 Å². The highest BCUT2D eigenvalue weighted by molar-refractivity contribution is 5.89. The SMILES string of the molecule is COC(=O)c1ccc(Cn2ccc3c(NCCc4c[nH]c5ccccc45)ncnc32)cc1. The predicted molar refractivity (Wildman–Crippen MR) is 125 cm³/mol. The van der Waals surface area contributed by atoms with Gasteiger partial charge in [0.2, 0.25) is 0 Å². The number of nitrogens with one attached hydrogen (secondary N) is 2. The van der Waals surface area contributed by atoms with Crippen LogP contribution < -0.4 is 5.32 Å². The number of anilines is 1. The molecule has 0 saturated carbocycles. The Kier molecular flexibility index (Phi) is 5.29. The number of para-hydroxylation sites is 1. The second kappa shape index (κ2) is 8.55. The van der Waals surface area contributed by atoms with Crippen LogP contribution >= 0.6 is 0 Å². The topological polar surface area (TPSA) is 84.8 Å². The Balaban J connectivity index is 1.30. The summed E-state index contributed by atoms with van der Waals surface area (Å²) in [6.45, 7) is 1.42. The van der Waals surface area contributed by atoms with Gasteiger partial charge in [-0.15, -0.1) is 0 Å². The van der Waals surface area contributed by atoms with Crippen LogP contribution in [0.15, 0.2) is 73.3 Å². The molecule has 3 aromatic heterocycles. The second-order valence-electron chi connectivity index (χ2n) is 7.63. The molecular formula is C25H23N5O2. The standard InChI is InChI=1S/C25H23N5O2/c1-32-25(31)18-8-6-17(7-9-18)15-30-13-11-21-23(28-16-29-24(21)30)26-12-10-19-14-27-22-5-3-2-4-20(19)22/h2-9,11,13-14,16,27H,10,12,15H2,1H3,(H,26,28,29). The Bertz CT molecular complexity index is 1380. The number of carbonyl (C=O) groups is 1. The van der Waals surface area contributed by atoms with Crippen molar-refractivity contribution < 1.29 is 9.53 Å². The Hall–Kier alpha value is -4.13. The summed E-state index contributed by atoms with van der Waals surface area (Å²) in [5, 5.41) is 5.70. The Morgan fingerprint density at radius 1 is 1.06 bits per heavy atom. The number of ether oxygens (including phenoxy) is 1. The summed E-state index contributed by atoms with van der Waals surface area (Å²) >= 11 is 0. The van der Waals surface area contributed by atoms with E-state index in [4.69, 9.17) is 4.74 Å². The molecule has 0 fully saturated rings. The fraction of sp³-hybridized carbons (Fsp3) is 0.160. The van der Waals surface area contributed by atoms with E-state index in [1.807, 2.05) is 30.5 Å². The number of benzene rings is 2. The van der Waals surface area contributed by atoms with Gasteiger partial charge in [-0.1, -0.05) is 30.3 Å². The molecule has 0 bridgehead atoms. The molecule has 5 rings (SSSR count). The summed E-state index contributed by atoms with van der Waals surface area (Å²) in [7, 11) is 1.38. The van der Waals surface area contributed by atoms with Crippen molar-refractivity contribution in [2.24, 2.45) is 0 Å². The second-order valence-corrected chi connectivity index (χ2v) is 7.63. The first-order valence-electron chi connectivity index (χ1n) is 10.5. The van der Waals surface area contributed by atoms with Gasteiger partial charge in [-0.3, -0.25) is 0 Å². The lowest BCUT2D eigenvalue weighted by Gasteiger charge is -2.08. The number of carbonyl (C=O) groups excluding carboxylic acids is 1. The number of hydrogen-bond acceptors (Lipinski definition) is 5. The summed E-state index contributed by atoms with van der Waals surface area (Å²) in [4.78, 5) is 23.9. The van der Waals surface area contributed by atoms with Gasteiger partial charge in [-0.25, -0.2) is 14.8 Å². The zero-order valence-electron chi connectivity index (χ0n) is 17.7. The lowest BCUT2D eigenvalue weighted by molar-refractivity contribution is 0.0600.